The van der Waals surface area contributed by atoms with Crippen molar-refractivity contribution in [3.05, 3.63) is 0 Å². The van der Waals surface area contributed by atoms with Crippen molar-refractivity contribution in [2.24, 2.45) is 11.7 Å². The molecule has 0 rings (SSSR count). The van der Waals surface area contributed by atoms with E-state index in [-0.39, 0.29) is 19.3 Å². The minimum atomic E-state index is -0.0278. The molecule has 1 unspecified atom stereocenters. The van der Waals surface area contributed by atoms with Crippen LogP contribution in [0.1, 0.15) is 27.2 Å². The third-order valence-corrected chi connectivity index (χ3v) is 1.59. The second-order valence-corrected chi connectivity index (χ2v) is 2.55. The maximum absolute atomic E-state index is 8.51. The molecule has 0 bridgehead atoms. The molecule has 3 heteroatoms. The van der Waals surface area contributed by atoms with E-state index in [4.69, 9.17) is 15.9 Å². The van der Waals surface area contributed by atoms with E-state index in [9.17, 15) is 0 Å². The number of rotatable bonds is 3. The van der Waals surface area contributed by atoms with E-state index in [2.05, 4.69) is 6.92 Å². The van der Waals surface area contributed by atoms with Crippen molar-refractivity contribution >= 4 is 0 Å². The van der Waals surface area contributed by atoms with Crippen molar-refractivity contribution < 1.29 is 10.2 Å². The number of aliphatic hydroxyl groups is 2. The standard InChI is InChI=1S/C6H15NO.C2H6O/c1-3-5(2)6(7)4-8;1-2-3/h5-6,8H,3-4,7H2,1-2H3;3H,2H2,1H3/t5?,6-;/m1./s1. The van der Waals surface area contributed by atoms with E-state index in [1.54, 1.807) is 6.92 Å². The van der Waals surface area contributed by atoms with Gasteiger partial charge in [-0.15, -0.1) is 0 Å². The molecule has 4 N–H and O–H groups in total. The van der Waals surface area contributed by atoms with E-state index in [0.29, 0.717) is 5.92 Å². The van der Waals surface area contributed by atoms with Crippen molar-refractivity contribution in [3.8, 4) is 0 Å². The second kappa shape index (κ2) is 9.88. The molecule has 0 aliphatic rings. The zero-order valence-electron chi connectivity index (χ0n) is 7.75. The van der Waals surface area contributed by atoms with Gasteiger partial charge in [0.05, 0.1) is 6.61 Å². The quantitative estimate of drug-likeness (QED) is 0.562. The van der Waals surface area contributed by atoms with E-state index >= 15 is 0 Å². The third kappa shape index (κ3) is 9.88. The van der Waals surface area contributed by atoms with Crippen LogP contribution in [0.5, 0.6) is 0 Å². The number of aliphatic hydroxyl groups excluding tert-OH is 2. The van der Waals surface area contributed by atoms with Gasteiger partial charge in [0, 0.05) is 12.6 Å². The first-order valence-electron chi connectivity index (χ1n) is 4.11. The summed E-state index contributed by atoms with van der Waals surface area (Å²) in [6, 6.07) is -0.0278. The normalized spacial score (nSPS) is 14.7. The molecule has 0 aromatic carbocycles. The van der Waals surface area contributed by atoms with Gasteiger partial charge in [0.25, 0.3) is 0 Å². The summed E-state index contributed by atoms with van der Waals surface area (Å²) in [5.74, 6) is 0.444. The van der Waals surface area contributed by atoms with Gasteiger partial charge in [0.2, 0.25) is 0 Å². The molecule has 70 valence electrons. The van der Waals surface area contributed by atoms with Crippen molar-refractivity contribution in [2.75, 3.05) is 13.2 Å². The highest BCUT2D eigenvalue weighted by atomic mass is 16.3. The summed E-state index contributed by atoms with van der Waals surface area (Å²) in [6.45, 7) is 6.15. The van der Waals surface area contributed by atoms with Crippen LogP contribution in [0.2, 0.25) is 0 Å². The molecule has 0 radical (unpaired) electrons. The van der Waals surface area contributed by atoms with E-state index in [1.807, 2.05) is 6.92 Å². The summed E-state index contributed by atoms with van der Waals surface area (Å²) in [7, 11) is 0. The fourth-order valence-corrected chi connectivity index (χ4v) is 0.483. The third-order valence-electron chi connectivity index (χ3n) is 1.59. The van der Waals surface area contributed by atoms with Gasteiger partial charge in [-0.25, -0.2) is 0 Å². The average molecular weight is 163 g/mol. The lowest BCUT2D eigenvalue weighted by Gasteiger charge is -2.14. The van der Waals surface area contributed by atoms with Crippen LogP contribution in [0.25, 0.3) is 0 Å². The van der Waals surface area contributed by atoms with Crippen molar-refractivity contribution in [1.29, 1.82) is 0 Å². The van der Waals surface area contributed by atoms with Gasteiger partial charge in [0.15, 0.2) is 0 Å². The first kappa shape index (κ1) is 13.5. The lowest BCUT2D eigenvalue weighted by atomic mass is 10.0. The molecule has 0 aromatic rings. The Balaban J connectivity index is 0. The van der Waals surface area contributed by atoms with Crippen LogP contribution >= 0.6 is 0 Å². The molecule has 0 heterocycles. The van der Waals surface area contributed by atoms with Crippen molar-refractivity contribution in [2.45, 2.75) is 33.2 Å². The molecule has 0 aliphatic carbocycles. The molecule has 2 atom stereocenters. The highest BCUT2D eigenvalue weighted by molar-refractivity contribution is 4.64. The molecule has 3 nitrogen and oxygen atoms in total. The maximum atomic E-state index is 8.51. The highest BCUT2D eigenvalue weighted by Gasteiger charge is 2.07. The monoisotopic (exact) mass is 163 g/mol. The molecule has 0 aromatic heterocycles. The van der Waals surface area contributed by atoms with Crippen molar-refractivity contribution in [1.82, 2.24) is 0 Å². The van der Waals surface area contributed by atoms with Gasteiger partial charge in [-0.2, -0.15) is 0 Å². The van der Waals surface area contributed by atoms with Crippen LogP contribution in [0.4, 0.5) is 0 Å². The second-order valence-electron chi connectivity index (χ2n) is 2.55. The summed E-state index contributed by atoms with van der Waals surface area (Å²) < 4.78 is 0. The topological polar surface area (TPSA) is 66.5 Å². The van der Waals surface area contributed by atoms with Crippen LogP contribution in [0.15, 0.2) is 0 Å². The average Bonchev–Trinajstić information content (AvgIpc) is 2.03. The van der Waals surface area contributed by atoms with Crippen LogP contribution in [-0.2, 0) is 0 Å². The molecule has 0 spiro atoms. The summed E-state index contributed by atoms with van der Waals surface area (Å²) >= 11 is 0. The summed E-state index contributed by atoms with van der Waals surface area (Å²) in [4.78, 5) is 0. The van der Waals surface area contributed by atoms with E-state index in [0.717, 1.165) is 6.42 Å². The molecule has 0 aliphatic heterocycles. The Morgan fingerprint density at radius 2 is 1.64 bits per heavy atom. The number of nitrogens with two attached hydrogens (primary N) is 1. The molecule has 0 fully saturated rings. The Labute approximate surface area is 69.2 Å². The van der Waals surface area contributed by atoms with Gasteiger partial charge in [-0.1, -0.05) is 20.3 Å². The van der Waals surface area contributed by atoms with Gasteiger partial charge in [0.1, 0.15) is 0 Å². The Morgan fingerprint density at radius 1 is 1.27 bits per heavy atom. The molecule has 11 heavy (non-hydrogen) atoms. The summed E-state index contributed by atoms with van der Waals surface area (Å²) in [5, 5.41) is 16.1. The summed E-state index contributed by atoms with van der Waals surface area (Å²) in [5.41, 5.74) is 5.48. The van der Waals surface area contributed by atoms with E-state index < -0.39 is 0 Å². The van der Waals surface area contributed by atoms with Crippen LogP contribution in [0, 0.1) is 5.92 Å². The Morgan fingerprint density at radius 3 is 1.73 bits per heavy atom. The number of hydrogen-bond acceptors (Lipinski definition) is 3. The Hall–Kier alpha value is -0.120. The van der Waals surface area contributed by atoms with E-state index in [1.165, 1.54) is 0 Å². The van der Waals surface area contributed by atoms with Gasteiger partial charge in [-0.05, 0) is 12.8 Å². The lowest BCUT2D eigenvalue weighted by molar-refractivity contribution is 0.230. The maximum Gasteiger partial charge on any atom is 0.0585 e. The minimum absolute atomic E-state index is 0.0278. The molecular formula is C8H21NO2. The zero-order valence-corrected chi connectivity index (χ0v) is 7.75. The highest BCUT2D eigenvalue weighted by Crippen LogP contribution is 2.03. The lowest BCUT2D eigenvalue weighted by Crippen LogP contribution is -2.31. The largest absolute Gasteiger partial charge is 0.397 e. The zero-order chi connectivity index (χ0) is 9.28. The molecular weight excluding hydrogens is 142 g/mol. The fraction of sp³-hybridized carbons (Fsp3) is 1.00. The van der Waals surface area contributed by atoms with Crippen molar-refractivity contribution in [3.63, 3.8) is 0 Å². The van der Waals surface area contributed by atoms with Gasteiger partial charge < -0.3 is 15.9 Å². The predicted octanol–water partition coefficient (Wildman–Crippen LogP) is 0.351. The van der Waals surface area contributed by atoms with Gasteiger partial charge >= 0.3 is 0 Å². The van der Waals surface area contributed by atoms with Gasteiger partial charge in [-0.3, -0.25) is 0 Å². The predicted molar refractivity (Wildman–Crippen MR) is 47.3 cm³/mol. The van der Waals surface area contributed by atoms with Crippen LogP contribution < -0.4 is 5.73 Å². The van der Waals surface area contributed by atoms with Crippen LogP contribution in [0.3, 0.4) is 0 Å². The molecule has 0 saturated carbocycles. The summed E-state index contributed by atoms with van der Waals surface area (Å²) in [6.07, 6.45) is 1.04. The van der Waals surface area contributed by atoms with Crippen LogP contribution in [-0.4, -0.2) is 29.5 Å². The Bertz CT molecular complexity index is 61.1. The Kier molecular flexibility index (Phi) is 12.1. The molecule has 0 amide bonds. The number of hydrogen-bond donors (Lipinski definition) is 3. The minimum Gasteiger partial charge on any atom is -0.397 e. The molecule has 0 saturated heterocycles. The first-order valence-corrected chi connectivity index (χ1v) is 4.11. The smallest absolute Gasteiger partial charge is 0.0585 e. The SMILES string of the molecule is CCC(C)[C@H](N)CO.CCO. The first-order chi connectivity index (χ1) is 5.13. The fourth-order valence-electron chi connectivity index (χ4n) is 0.483.